The van der Waals surface area contributed by atoms with E-state index in [1.807, 2.05) is 18.2 Å². The van der Waals surface area contributed by atoms with Crippen LogP contribution in [0.3, 0.4) is 0 Å². The highest BCUT2D eigenvalue weighted by Crippen LogP contribution is 2.30. The van der Waals surface area contributed by atoms with Crippen molar-refractivity contribution in [2.75, 3.05) is 11.4 Å². The molecular weight excluding hydrogens is 361 g/mol. The van der Waals surface area contributed by atoms with Crippen LogP contribution in [0.2, 0.25) is 5.02 Å². The molecule has 0 bridgehead atoms. The maximum absolute atomic E-state index is 12.8. The van der Waals surface area contributed by atoms with Crippen LogP contribution in [0.1, 0.15) is 44.9 Å². The zero-order valence-corrected chi connectivity index (χ0v) is 15.7. The largest absolute Gasteiger partial charge is 0.343 e. The Bertz CT molecular complexity index is 633. The van der Waals surface area contributed by atoms with Crippen molar-refractivity contribution in [3.8, 4) is 0 Å². The maximum atomic E-state index is 12.8. The number of anilines is 1. The summed E-state index contributed by atoms with van der Waals surface area (Å²) in [6.45, 7) is 0.614. The predicted molar refractivity (Wildman–Crippen MR) is 102 cm³/mol. The van der Waals surface area contributed by atoms with Crippen LogP contribution in [0, 0.1) is 0 Å². The highest BCUT2D eigenvalue weighted by atomic mass is 35.5. The molecule has 7 heteroatoms. The van der Waals surface area contributed by atoms with E-state index >= 15 is 0 Å². The lowest BCUT2D eigenvalue weighted by Crippen LogP contribution is -2.61. The molecule has 1 aromatic rings. The Labute approximate surface area is 159 Å². The second kappa shape index (κ2) is 8.39. The van der Waals surface area contributed by atoms with Gasteiger partial charge in [0.2, 0.25) is 11.8 Å². The molecule has 1 unspecified atom stereocenters. The van der Waals surface area contributed by atoms with Crippen molar-refractivity contribution in [3.63, 3.8) is 0 Å². The number of halogens is 2. The molecule has 2 fully saturated rings. The Hall–Kier alpha value is -1.30. The number of carbonyl (C=O) groups is 2. The number of nitrogens with one attached hydrogen (secondary N) is 1. The van der Waals surface area contributed by atoms with Crippen molar-refractivity contribution in [2.45, 2.75) is 56.5 Å². The molecule has 1 saturated carbocycles. The second-order valence-electron chi connectivity index (χ2n) is 6.83. The monoisotopic (exact) mass is 385 g/mol. The molecule has 1 aliphatic carbocycles. The van der Waals surface area contributed by atoms with Gasteiger partial charge in [-0.1, -0.05) is 43.0 Å². The first-order chi connectivity index (χ1) is 11.5. The van der Waals surface area contributed by atoms with E-state index in [2.05, 4.69) is 5.32 Å². The van der Waals surface area contributed by atoms with E-state index in [0.717, 1.165) is 25.7 Å². The van der Waals surface area contributed by atoms with Crippen molar-refractivity contribution in [3.05, 3.63) is 29.3 Å². The molecule has 5 nitrogen and oxygen atoms in total. The van der Waals surface area contributed by atoms with Crippen molar-refractivity contribution >= 4 is 41.5 Å². The molecule has 3 rings (SSSR count). The van der Waals surface area contributed by atoms with Crippen LogP contribution in [-0.2, 0) is 9.59 Å². The number of para-hydroxylation sites is 1. The number of benzene rings is 1. The lowest BCUT2D eigenvalue weighted by Gasteiger charge is -2.37. The molecule has 1 aromatic carbocycles. The first kappa shape index (κ1) is 20.0. The third-order valence-corrected chi connectivity index (χ3v) is 5.40. The third kappa shape index (κ3) is 4.27. The van der Waals surface area contributed by atoms with Crippen molar-refractivity contribution in [2.24, 2.45) is 5.73 Å². The fraction of sp³-hybridized carbons (Fsp3) is 0.556. The highest BCUT2D eigenvalue weighted by Gasteiger charge is 2.39. The van der Waals surface area contributed by atoms with Gasteiger partial charge in [0.25, 0.3) is 0 Å². The zero-order valence-electron chi connectivity index (χ0n) is 14.2. The Morgan fingerprint density at radius 3 is 2.56 bits per heavy atom. The minimum Gasteiger partial charge on any atom is -0.343 e. The molecule has 25 heavy (non-hydrogen) atoms. The van der Waals surface area contributed by atoms with Crippen LogP contribution < -0.4 is 16.0 Å². The molecule has 0 radical (unpaired) electrons. The molecule has 2 aliphatic rings. The first-order valence-electron chi connectivity index (χ1n) is 8.67. The summed E-state index contributed by atoms with van der Waals surface area (Å²) in [5.74, 6) is -0.302. The van der Waals surface area contributed by atoms with Gasteiger partial charge in [0.1, 0.15) is 6.04 Å². The van der Waals surface area contributed by atoms with Gasteiger partial charge in [-0.15, -0.1) is 12.4 Å². The minimum absolute atomic E-state index is 0. The summed E-state index contributed by atoms with van der Waals surface area (Å²) in [6.07, 6.45) is 5.89. The average molecular weight is 386 g/mol. The van der Waals surface area contributed by atoms with Crippen LogP contribution in [0.25, 0.3) is 0 Å². The summed E-state index contributed by atoms with van der Waals surface area (Å²) in [4.78, 5) is 27.1. The van der Waals surface area contributed by atoms with E-state index in [9.17, 15) is 9.59 Å². The molecular formula is C18H25Cl2N3O2. The van der Waals surface area contributed by atoms with E-state index in [4.69, 9.17) is 17.3 Å². The van der Waals surface area contributed by atoms with Crippen molar-refractivity contribution < 1.29 is 9.59 Å². The molecule has 2 amide bonds. The van der Waals surface area contributed by atoms with E-state index in [0.29, 0.717) is 36.5 Å². The van der Waals surface area contributed by atoms with Gasteiger partial charge >= 0.3 is 0 Å². The van der Waals surface area contributed by atoms with Gasteiger partial charge in [0.15, 0.2) is 0 Å². The van der Waals surface area contributed by atoms with Crippen LogP contribution >= 0.6 is 24.0 Å². The third-order valence-electron chi connectivity index (χ3n) is 5.09. The van der Waals surface area contributed by atoms with Crippen molar-refractivity contribution in [1.82, 2.24) is 5.32 Å². The Morgan fingerprint density at radius 2 is 1.88 bits per heavy atom. The van der Waals surface area contributed by atoms with Crippen LogP contribution in [-0.4, -0.2) is 29.9 Å². The quantitative estimate of drug-likeness (QED) is 0.839. The Morgan fingerprint density at radius 1 is 1.20 bits per heavy atom. The van der Waals surface area contributed by atoms with Crippen LogP contribution in [0.15, 0.2) is 24.3 Å². The number of carbonyl (C=O) groups excluding carboxylic acids is 2. The fourth-order valence-corrected chi connectivity index (χ4v) is 3.87. The lowest BCUT2D eigenvalue weighted by molar-refractivity contribution is -0.132. The molecule has 0 aromatic heterocycles. The van der Waals surface area contributed by atoms with Gasteiger partial charge in [-0.05, 0) is 37.8 Å². The maximum Gasteiger partial charge on any atom is 0.249 e. The minimum atomic E-state index is -0.828. The Balaban J connectivity index is 0.00000225. The number of nitrogens with two attached hydrogens (primary N) is 1. The Kier molecular flexibility index (Phi) is 6.72. The van der Waals surface area contributed by atoms with Gasteiger partial charge in [-0.2, -0.15) is 0 Å². The number of amides is 2. The van der Waals surface area contributed by atoms with Crippen LogP contribution in [0.4, 0.5) is 5.69 Å². The van der Waals surface area contributed by atoms with Gasteiger partial charge in [-0.3, -0.25) is 9.59 Å². The normalized spacial score (nSPS) is 22.9. The molecule has 1 atom stereocenters. The lowest BCUT2D eigenvalue weighted by atomic mass is 9.81. The standard InChI is InChI=1S/C18H24ClN3O2.ClH/c19-13-7-2-3-9-15(13)22-12-6-8-14(16(22)23)21-17(24)18(20)10-4-1-5-11-18;/h2-3,7,9,14H,1,4-6,8,10-12,20H2,(H,21,24);1H. The molecule has 3 N–H and O–H groups in total. The number of piperidine rings is 1. The number of nitrogens with zero attached hydrogens (tertiary/aromatic N) is 1. The van der Waals surface area contributed by atoms with E-state index < -0.39 is 11.6 Å². The van der Waals surface area contributed by atoms with Gasteiger partial charge in [0.05, 0.1) is 16.2 Å². The first-order valence-corrected chi connectivity index (χ1v) is 9.05. The topological polar surface area (TPSA) is 75.4 Å². The summed E-state index contributed by atoms with van der Waals surface area (Å²) in [6, 6.07) is 6.76. The molecule has 1 heterocycles. The number of hydrogen-bond acceptors (Lipinski definition) is 3. The average Bonchev–Trinajstić information content (AvgIpc) is 2.58. The molecule has 138 valence electrons. The molecule has 1 aliphatic heterocycles. The van der Waals surface area contributed by atoms with E-state index in [1.54, 1.807) is 11.0 Å². The van der Waals surface area contributed by atoms with Gasteiger partial charge in [0, 0.05) is 6.54 Å². The van der Waals surface area contributed by atoms with Gasteiger partial charge in [-0.25, -0.2) is 0 Å². The summed E-state index contributed by atoms with van der Waals surface area (Å²) in [7, 11) is 0. The number of rotatable bonds is 3. The summed E-state index contributed by atoms with van der Waals surface area (Å²) in [5, 5.41) is 3.44. The van der Waals surface area contributed by atoms with Gasteiger partial charge < -0.3 is 16.0 Å². The smallest absolute Gasteiger partial charge is 0.249 e. The van der Waals surface area contributed by atoms with Crippen molar-refractivity contribution in [1.29, 1.82) is 0 Å². The second-order valence-corrected chi connectivity index (χ2v) is 7.23. The van der Waals surface area contributed by atoms with E-state index in [1.165, 1.54) is 0 Å². The summed E-state index contributed by atoms with van der Waals surface area (Å²) < 4.78 is 0. The molecule has 0 spiro atoms. The van der Waals surface area contributed by atoms with E-state index in [-0.39, 0.29) is 24.2 Å². The number of hydrogen-bond donors (Lipinski definition) is 2. The van der Waals surface area contributed by atoms with Crippen LogP contribution in [0.5, 0.6) is 0 Å². The fourth-order valence-electron chi connectivity index (χ4n) is 3.63. The molecule has 1 saturated heterocycles. The highest BCUT2D eigenvalue weighted by molar-refractivity contribution is 6.33. The summed E-state index contributed by atoms with van der Waals surface area (Å²) in [5.41, 5.74) is 6.15. The predicted octanol–water partition coefficient (Wildman–Crippen LogP) is 3.04. The SMILES string of the molecule is Cl.NC1(C(=O)NC2CCCN(c3ccccc3Cl)C2=O)CCCCC1. The summed E-state index contributed by atoms with van der Waals surface area (Å²) >= 11 is 6.22. The zero-order chi connectivity index (χ0) is 17.2.